The fraction of sp³-hybridized carbons (Fsp3) is 0.300. The molecule has 310 valence electrons. The molecule has 0 unspecified atom stereocenters. The zero-order chi connectivity index (χ0) is 44.9. The van der Waals surface area contributed by atoms with Gasteiger partial charge in [0.15, 0.2) is 0 Å². The van der Waals surface area contributed by atoms with Crippen LogP contribution >= 0.6 is 0 Å². The molecule has 0 heterocycles. The van der Waals surface area contributed by atoms with E-state index in [-0.39, 0.29) is 0 Å². The summed E-state index contributed by atoms with van der Waals surface area (Å²) >= 11 is 0. The molecule has 0 fully saturated rings. The fourth-order valence-electron chi connectivity index (χ4n) is 9.04. The Labute approximate surface area is 377 Å². The van der Waals surface area contributed by atoms with Crippen LogP contribution in [0.25, 0.3) is 0 Å². The summed E-state index contributed by atoms with van der Waals surface area (Å²) in [6, 6.07) is 40.9. The average molecular weight is 839 g/mol. The van der Waals surface area contributed by atoms with Crippen LogP contribution in [-0.4, -0.2) is 16.1 Å². The van der Waals surface area contributed by atoms with Crippen LogP contribution < -0.4 is 0 Å². The van der Waals surface area contributed by atoms with E-state index in [0.29, 0.717) is 33.2 Å². The SMILES string of the molecule is CC(C)[Si](C#Cc1ccc(C#Cc2ccc(C#Cc3ccc(C#Cc4ccccc4C#Cc4ccc(C#C[Si](C(C)C)(C(C)C)C(C)C)cc4)cc3)cc2)cc1)(C(C)C)C(C)C. The molecule has 0 aliphatic carbocycles. The predicted molar refractivity (Wildman–Crippen MR) is 272 cm³/mol. The van der Waals surface area contributed by atoms with Gasteiger partial charge < -0.3 is 0 Å². The van der Waals surface area contributed by atoms with E-state index < -0.39 is 16.1 Å². The summed E-state index contributed by atoms with van der Waals surface area (Å²) in [5.74, 6) is 33.6. The minimum absolute atomic E-state index is 0.610. The third-order valence-electron chi connectivity index (χ3n) is 12.4. The number of benzene rings is 5. The Morgan fingerprint density at radius 2 is 0.419 bits per heavy atom. The minimum atomic E-state index is -1.78. The lowest BCUT2D eigenvalue weighted by Crippen LogP contribution is -2.43. The maximum atomic E-state index is 3.82. The van der Waals surface area contributed by atoms with Gasteiger partial charge in [-0.3, -0.25) is 0 Å². The molecule has 0 amide bonds. The summed E-state index contributed by atoms with van der Waals surface area (Å²) in [5.41, 5.74) is 20.9. The van der Waals surface area contributed by atoms with Gasteiger partial charge in [0.1, 0.15) is 16.1 Å². The fourth-order valence-corrected chi connectivity index (χ4v) is 19.5. The molecule has 5 aromatic carbocycles. The van der Waals surface area contributed by atoms with Gasteiger partial charge in [-0.15, -0.1) is 11.1 Å². The lowest BCUT2D eigenvalue weighted by molar-refractivity contribution is 0.838. The van der Waals surface area contributed by atoms with Gasteiger partial charge in [0.2, 0.25) is 0 Å². The van der Waals surface area contributed by atoms with Crippen molar-refractivity contribution in [2.45, 2.75) is 116 Å². The Bertz CT molecular complexity index is 2640. The number of hydrogen-bond acceptors (Lipinski definition) is 0. The minimum Gasteiger partial charge on any atom is -0.125 e. The van der Waals surface area contributed by atoms with Crippen molar-refractivity contribution >= 4 is 16.1 Å². The first-order chi connectivity index (χ1) is 29.6. The maximum absolute atomic E-state index is 3.82. The summed E-state index contributed by atoms with van der Waals surface area (Å²) in [6.07, 6.45) is 0. The van der Waals surface area contributed by atoms with E-state index in [4.69, 9.17) is 0 Å². The molecule has 0 aliphatic heterocycles. The van der Waals surface area contributed by atoms with Crippen LogP contribution in [0.3, 0.4) is 0 Å². The monoisotopic (exact) mass is 838 g/mol. The van der Waals surface area contributed by atoms with Crippen molar-refractivity contribution in [1.82, 2.24) is 0 Å². The molecule has 0 saturated carbocycles. The van der Waals surface area contributed by atoms with Gasteiger partial charge in [-0.05, 0) is 142 Å². The highest BCUT2D eigenvalue weighted by Crippen LogP contribution is 2.42. The Kier molecular flexibility index (Phi) is 16.4. The highest BCUT2D eigenvalue weighted by atomic mass is 28.3. The normalized spacial score (nSPS) is 11.0. The van der Waals surface area contributed by atoms with Crippen molar-refractivity contribution < 1.29 is 0 Å². The van der Waals surface area contributed by atoms with Crippen LogP contribution in [0.15, 0.2) is 121 Å². The van der Waals surface area contributed by atoms with Gasteiger partial charge in [0, 0.05) is 55.6 Å². The summed E-state index contributed by atoms with van der Waals surface area (Å²) in [6.45, 7) is 28.2. The highest BCUT2D eigenvalue weighted by molar-refractivity contribution is 6.91. The average Bonchev–Trinajstić information content (AvgIpc) is 3.25. The number of rotatable bonds is 6. The molecule has 0 bridgehead atoms. The third-order valence-corrected chi connectivity index (χ3v) is 25.0. The molecule has 0 saturated heterocycles. The van der Waals surface area contributed by atoms with Crippen LogP contribution in [0.2, 0.25) is 33.2 Å². The molecule has 0 N–H and O–H groups in total. The second kappa shape index (κ2) is 21.6. The molecule has 0 spiro atoms. The van der Waals surface area contributed by atoms with Crippen molar-refractivity contribution in [1.29, 1.82) is 0 Å². The number of hydrogen-bond donors (Lipinski definition) is 0. The van der Waals surface area contributed by atoms with Crippen LogP contribution in [-0.2, 0) is 0 Å². The van der Waals surface area contributed by atoms with Gasteiger partial charge in [-0.25, -0.2) is 0 Å². The largest absolute Gasteiger partial charge is 0.146 e. The molecule has 0 radical (unpaired) electrons. The molecule has 5 rings (SSSR count). The van der Waals surface area contributed by atoms with Crippen molar-refractivity contribution in [3.8, 4) is 70.3 Å². The molecule has 0 aliphatic rings. The van der Waals surface area contributed by atoms with E-state index >= 15 is 0 Å². The van der Waals surface area contributed by atoms with Crippen LogP contribution in [0.4, 0.5) is 0 Å². The van der Waals surface area contributed by atoms with E-state index in [0.717, 1.165) is 55.6 Å². The van der Waals surface area contributed by atoms with Crippen LogP contribution in [0.5, 0.6) is 0 Å². The standard InChI is InChI=1S/C60H62Si2/c1-45(2)61(46(3)4,47(5)6)43-41-57-33-29-54(30-34-57)24-23-52-19-17-51(18-20-52)21-22-53-25-27-55(28-26-53)37-39-59-15-13-14-16-60(59)40-38-56-31-35-58(36-32-56)42-44-62(48(7)8,49(9)10)50(11)12/h13-20,25-36,45-50H,1-12H3. The first-order valence-corrected chi connectivity index (χ1v) is 26.7. The Morgan fingerprint density at radius 3 is 0.613 bits per heavy atom. The summed E-state index contributed by atoms with van der Waals surface area (Å²) in [5, 5.41) is 0. The second-order valence-electron chi connectivity index (χ2n) is 18.1. The van der Waals surface area contributed by atoms with E-state index in [1.54, 1.807) is 0 Å². The van der Waals surface area contributed by atoms with E-state index in [9.17, 15) is 0 Å². The zero-order valence-corrected chi connectivity index (χ0v) is 41.0. The quantitative estimate of drug-likeness (QED) is 0.118. The van der Waals surface area contributed by atoms with E-state index in [1.807, 2.05) is 72.8 Å². The van der Waals surface area contributed by atoms with Crippen LogP contribution in [0.1, 0.15) is 139 Å². The first kappa shape index (κ1) is 47.0. The lowest BCUT2D eigenvalue weighted by atomic mass is 10.1. The molecule has 0 aromatic heterocycles. The third kappa shape index (κ3) is 11.8. The molecule has 62 heavy (non-hydrogen) atoms. The van der Waals surface area contributed by atoms with E-state index in [1.165, 1.54) is 0 Å². The topological polar surface area (TPSA) is 0 Å². The molecule has 2 heteroatoms. The van der Waals surface area contributed by atoms with Crippen molar-refractivity contribution in [2.75, 3.05) is 0 Å². The zero-order valence-electron chi connectivity index (χ0n) is 39.0. The van der Waals surface area contributed by atoms with Crippen molar-refractivity contribution in [3.63, 3.8) is 0 Å². The summed E-state index contributed by atoms with van der Waals surface area (Å²) in [7, 11) is -3.54. The Balaban J connectivity index is 1.20. The van der Waals surface area contributed by atoms with Gasteiger partial charge in [0.25, 0.3) is 0 Å². The van der Waals surface area contributed by atoms with Gasteiger partial charge in [-0.2, -0.15) is 0 Å². The smallest absolute Gasteiger partial charge is 0.125 e. The Hall–Kier alpha value is -6.11. The first-order valence-electron chi connectivity index (χ1n) is 22.3. The van der Waals surface area contributed by atoms with Gasteiger partial charge >= 0.3 is 0 Å². The molecule has 0 nitrogen and oxygen atoms in total. The van der Waals surface area contributed by atoms with E-state index in [2.05, 4.69) is 202 Å². The van der Waals surface area contributed by atoms with Crippen molar-refractivity contribution in [3.05, 3.63) is 177 Å². The summed E-state index contributed by atoms with van der Waals surface area (Å²) in [4.78, 5) is 0. The maximum Gasteiger partial charge on any atom is 0.146 e. The van der Waals surface area contributed by atoms with Crippen molar-refractivity contribution in [2.24, 2.45) is 0 Å². The van der Waals surface area contributed by atoms with Crippen LogP contribution in [0, 0.1) is 70.3 Å². The summed E-state index contributed by atoms with van der Waals surface area (Å²) < 4.78 is 0. The molecular weight excluding hydrogens is 777 g/mol. The highest BCUT2D eigenvalue weighted by Gasteiger charge is 2.42. The van der Waals surface area contributed by atoms with Gasteiger partial charge in [0.05, 0.1) is 0 Å². The molecule has 5 aromatic rings. The molecule has 0 atom stereocenters. The second-order valence-corrected chi connectivity index (χ2v) is 29.3. The lowest BCUT2D eigenvalue weighted by Gasteiger charge is -2.38. The predicted octanol–water partition coefficient (Wildman–Crippen LogP) is 14.4. The van der Waals surface area contributed by atoms with Gasteiger partial charge in [-0.1, -0.05) is 154 Å². The molecular formula is C60H62Si2. The Morgan fingerprint density at radius 1 is 0.242 bits per heavy atom.